The first-order valence-electron chi connectivity index (χ1n) is 12.6. The Kier molecular flexibility index (Phi) is 4.74. The molecular formula is C30H28N4O. The van der Waals surface area contributed by atoms with Crippen molar-refractivity contribution in [3.63, 3.8) is 0 Å². The highest BCUT2D eigenvalue weighted by Gasteiger charge is 2.57. The zero-order chi connectivity index (χ0) is 23.4. The second-order valence-corrected chi connectivity index (χ2v) is 10.5. The van der Waals surface area contributed by atoms with E-state index in [2.05, 4.69) is 64.6 Å². The second kappa shape index (κ2) is 7.99. The van der Waals surface area contributed by atoms with Crippen molar-refractivity contribution < 1.29 is 4.79 Å². The van der Waals surface area contributed by atoms with Crippen LogP contribution in [0.5, 0.6) is 0 Å². The van der Waals surface area contributed by atoms with Crippen LogP contribution in [0.1, 0.15) is 51.9 Å². The van der Waals surface area contributed by atoms with Crippen LogP contribution in [0.4, 0.5) is 0 Å². The molecule has 174 valence electrons. The van der Waals surface area contributed by atoms with Crippen LogP contribution in [0.15, 0.2) is 84.2 Å². The molecule has 1 saturated heterocycles. The van der Waals surface area contributed by atoms with Crippen molar-refractivity contribution in [2.45, 2.75) is 32.4 Å². The van der Waals surface area contributed by atoms with Gasteiger partial charge in [-0.1, -0.05) is 42.5 Å². The van der Waals surface area contributed by atoms with E-state index in [4.69, 9.17) is 4.99 Å². The van der Waals surface area contributed by atoms with E-state index in [0.717, 1.165) is 47.7 Å². The summed E-state index contributed by atoms with van der Waals surface area (Å²) in [5.41, 5.74) is 7.57. The van der Waals surface area contributed by atoms with Crippen molar-refractivity contribution in [3.05, 3.63) is 107 Å². The lowest BCUT2D eigenvalue weighted by molar-refractivity contribution is 0.0891. The predicted molar refractivity (Wildman–Crippen MR) is 137 cm³/mol. The highest BCUT2D eigenvalue weighted by atomic mass is 16.1. The van der Waals surface area contributed by atoms with E-state index in [1.54, 1.807) is 6.20 Å². The van der Waals surface area contributed by atoms with Gasteiger partial charge in [0, 0.05) is 54.8 Å². The number of fused-ring (bicyclic) bond motifs is 3. The number of benzene rings is 2. The van der Waals surface area contributed by atoms with Crippen molar-refractivity contribution in [2.75, 3.05) is 13.1 Å². The number of imidazole rings is 1. The average molecular weight is 461 g/mol. The summed E-state index contributed by atoms with van der Waals surface area (Å²) >= 11 is 0. The minimum absolute atomic E-state index is 0.159. The number of hydrogen-bond acceptors (Lipinski definition) is 4. The molecule has 2 aromatic heterocycles. The zero-order valence-corrected chi connectivity index (χ0v) is 19.7. The molecule has 4 heterocycles. The van der Waals surface area contributed by atoms with Crippen molar-refractivity contribution in [1.29, 1.82) is 0 Å². The van der Waals surface area contributed by atoms with Gasteiger partial charge in [-0.15, -0.1) is 0 Å². The predicted octanol–water partition coefficient (Wildman–Crippen LogP) is 5.17. The number of aromatic nitrogens is 2. The fraction of sp³-hybridized carbons (Fsp3) is 0.300. The summed E-state index contributed by atoms with van der Waals surface area (Å²) in [5, 5.41) is 0. The number of carbonyl (C=O) groups is 1. The average Bonchev–Trinajstić information content (AvgIpc) is 3.18. The standard InChI is InChI=1S/C30H28N4O/c35-27(16-30-15-25(30)10-12-33(20-30)18-21-4-2-1-3-5-21)22-6-7-23-17-32-29(26(23)14-22)24-8-9-28-31-11-13-34(28)19-24/h1-9,11,13-14,19,25H,10,12,15-18,20H2. The topological polar surface area (TPSA) is 50.0 Å². The van der Waals surface area contributed by atoms with Crippen molar-refractivity contribution in [2.24, 2.45) is 16.3 Å². The largest absolute Gasteiger partial charge is 0.306 e. The number of likely N-dealkylation sites (tertiary alicyclic amines) is 1. The minimum Gasteiger partial charge on any atom is -0.306 e. The summed E-state index contributed by atoms with van der Waals surface area (Å²) in [7, 11) is 0. The summed E-state index contributed by atoms with van der Waals surface area (Å²) in [6.07, 6.45) is 8.87. The first-order valence-corrected chi connectivity index (χ1v) is 12.6. The molecule has 2 fully saturated rings. The number of hydrogen-bond donors (Lipinski definition) is 0. The molecule has 0 radical (unpaired) electrons. The highest BCUT2D eigenvalue weighted by molar-refractivity contribution is 6.16. The van der Waals surface area contributed by atoms with Gasteiger partial charge in [-0.25, -0.2) is 4.98 Å². The first kappa shape index (κ1) is 20.8. The molecule has 0 amide bonds. The summed E-state index contributed by atoms with van der Waals surface area (Å²) < 4.78 is 2.02. The summed E-state index contributed by atoms with van der Waals surface area (Å²) in [5.74, 6) is 0.972. The third-order valence-corrected chi connectivity index (χ3v) is 8.21. The minimum atomic E-state index is 0.159. The van der Waals surface area contributed by atoms with E-state index in [-0.39, 0.29) is 11.2 Å². The summed E-state index contributed by atoms with van der Waals surface area (Å²) in [4.78, 5) is 25.2. The Morgan fingerprint density at radius 3 is 2.91 bits per heavy atom. The lowest BCUT2D eigenvalue weighted by atomic mass is 9.88. The molecule has 1 saturated carbocycles. The molecule has 1 aliphatic carbocycles. The van der Waals surface area contributed by atoms with Crippen molar-refractivity contribution >= 4 is 17.1 Å². The van der Waals surface area contributed by atoms with Crippen LogP contribution in [-0.4, -0.2) is 38.9 Å². The zero-order valence-electron chi connectivity index (χ0n) is 19.7. The maximum Gasteiger partial charge on any atom is 0.163 e. The molecule has 5 heteroatoms. The molecule has 2 unspecified atom stereocenters. The van der Waals surface area contributed by atoms with Gasteiger partial charge in [-0.2, -0.15) is 0 Å². The lowest BCUT2D eigenvalue weighted by Crippen LogP contribution is -2.37. The SMILES string of the molecule is O=C(CC12CC1CCN(Cc1ccccc1)C2)c1ccc2c(c1)C(c1ccc3nccn3c1)=NC2. The third kappa shape index (κ3) is 3.71. The number of aliphatic imine (C=N–C) groups is 1. The van der Waals surface area contributed by atoms with Crippen molar-refractivity contribution in [1.82, 2.24) is 14.3 Å². The van der Waals surface area contributed by atoms with E-state index in [1.165, 1.54) is 24.0 Å². The molecule has 2 atom stereocenters. The van der Waals surface area contributed by atoms with Gasteiger partial charge in [0.2, 0.25) is 0 Å². The van der Waals surface area contributed by atoms with Gasteiger partial charge in [0.25, 0.3) is 0 Å². The molecule has 5 nitrogen and oxygen atoms in total. The van der Waals surface area contributed by atoms with Gasteiger partial charge in [0.05, 0.1) is 12.3 Å². The number of pyridine rings is 1. The molecule has 2 aromatic carbocycles. The molecule has 2 aliphatic heterocycles. The first-order chi connectivity index (χ1) is 17.2. The van der Waals surface area contributed by atoms with Gasteiger partial charge in [0.1, 0.15) is 5.65 Å². The van der Waals surface area contributed by atoms with E-state index in [1.807, 2.05) is 22.7 Å². The summed E-state index contributed by atoms with van der Waals surface area (Å²) in [6, 6.07) is 21.0. The van der Waals surface area contributed by atoms with Gasteiger partial charge < -0.3 is 4.40 Å². The van der Waals surface area contributed by atoms with Crippen LogP contribution in [0.2, 0.25) is 0 Å². The van der Waals surface area contributed by atoms with Gasteiger partial charge in [-0.3, -0.25) is 14.7 Å². The monoisotopic (exact) mass is 460 g/mol. The van der Waals surface area contributed by atoms with Crippen LogP contribution in [-0.2, 0) is 13.1 Å². The number of Topliss-reactive ketones (excluding diaryl/α,β-unsaturated/α-hetero) is 1. The van der Waals surface area contributed by atoms with Crippen LogP contribution in [0, 0.1) is 11.3 Å². The second-order valence-electron chi connectivity index (χ2n) is 10.5. The molecular weight excluding hydrogens is 432 g/mol. The van der Waals surface area contributed by atoms with E-state index in [0.29, 0.717) is 18.9 Å². The van der Waals surface area contributed by atoms with E-state index < -0.39 is 0 Å². The third-order valence-electron chi connectivity index (χ3n) is 8.21. The molecule has 4 aromatic rings. The number of ketones is 1. The van der Waals surface area contributed by atoms with Crippen LogP contribution in [0.25, 0.3) is 5.65 Å². The van der Waals surface area contributed by atoms with Gasteiger partial charge >= 0.3 is 0 Å². The van der Waals surface area contributed by atoms with Crippen molar-refractivity contribution in [3.8, 4) is 0 Å². The maximum atomic E-state index is 13.5. The number of piperidine rings is 1. The fourth-order valence-electron chi connectivity index (χ4n) is 6.23. The smallest absolute Gasteiger partial charge is 0.163 e. The van der Waals surface area contributed by atoms with Crippen LogP contribution in [0.3, 0.4) is 0 Å². The Bertz CT molecular complexity index is 1470. The highest BCUT2D eigenvalue weighted by Crippen LogP contribution is 2.60. The van der Waals surface area contributed by atoms with Crippen LogP contribution >= 0.6 is 0 Å². The number of carbonyl (C=O) groups excluding carboxylic acids is 1. The summed E-state index contributed by atoms with van der Waals surface area (Å²) in [6.45, 7) is 3.81. The molecule has 3 aliphatic rings. The Morgan fingerprint density at radius 1 is 1.09 bits per heavy atom. The number of nitrogens with zero attached hydrogens (tertiary/aromatic N) is 4. The Morgan fingerprint density at radius 2 is 2.00 bits per heavy atom. The molecule has 0 N–H and O–H groups in total. The molecule has 7 rings (SSSR count). The molecule has 35 heavy (non-hydrogen) atoms. The normalized spacial score (nSPS) is 23.1. The Balaban J connectivity index is 1.10. The Labute approximate surface area is 205 Å². The molecule has 0 spiro atoms. The lowest BCUT2D eigenvalue weighted by Gasteiger charge is -2.32. The number of rotatable bonds is 6. The van der Waals surface area contributed by atoms with Gasteiger partial charge in [-0.05, 0) is 60.0 Å². The fourth-order valence-corrected chi connectivity index (χ4v) is 6.23. The molecule has 0 bridgehead atoms. The quantitative estimate of drug-likeness (QED) is 0.373. The van der Waals surface area contributed by atoms with E-state index in [9.17, 15) is 4.79 Å². The maximum absolute atomic E-state index is 13.5. The van der Waals surface area contributed by atoms with E-state index >= 15 is 0 Å². The van der Waals surface area contributed by atoms with Gasteiger partial charge in [0.15, 0.2) is 5.78 Å². The van der Waals surface area contributed by atoms with Crippen LogP contribution < -0.4 is 0 Å². The Hall–Kier alpha value is -3.57.